The number of amides is 1. The maximum atomic E-state index is 13.1. The lowest BCUT2D eigenvalue weighted by Gasteiger charge is -2.21. The normalized spacial score (nSPS) is 12.2. The number of rotatable bonds is 6. The lowest BCUT2D eigenvalue weighted by molar-refractivity contribution is -0.137. The van der Waals surface area contributed by atoms with Gasteiger partial charge in [-0.1, -0.05) is 25.1 Å². The van der Waals surface area contributed by atoms with E-state index in [-0.39, 0.29) is 11.4 Å². The van der Waals surface area contributed by atoms with E-state index in [0.717, 1.165) is 22.0 Å². The molecule has 0 atom stereocenters. The minimum Gasteiger partial charge on any atom is -0.324 e. The smallest absolute Gasteiger partial charge is 0.324 e. The highest BCUT2D eigenvalue weighted by Gasteiger charge is 2.34. The molecule has 0 spiro atoms. The molecule has 2 rings (SSSR count). The molecule has 0 aromatic heterocycles. The van der Waals surface area contributed by atoms with E-state index in [1.165, 1.54) is 25.1 Å². The number of nitrogens with one attached hydrogen (secondary N) is 1. The van der Waals surface area contributed by atoms with Gasteiger partial charge in [-0.3, -0.25) is 4.79 Å². The molecule has 0 aliphatic rings. The van der Waals surface area contributed by atoms with E-state index in [9.17, 15) is 26.4 Å². The number of halogens is 4. The van der Waals surface area contributed by atoms with E-state index >= 15 is 0 Å². The molecule has 0 saturated heterocycles. The third kappa shape index (κ3) is 5.12. The average Bonchev–Trinajstić information content (AvgIpc) is 2.58. The molecular formula is C18H18BrF3N2O3S. The van der Waals surface area contributed by atoms with Crippen molar-refractivity contribution >= 4 is 37.5 Å². The molecule has 0 aliphatic heterocycles. The van der Waals surface area contributed by atoms with Crippen LogP contribution in [0.5, 0.6) is 0 Å². The molecule has 10 heteroatoms. The van der Waals surface area contributed by atoms with Crippen LogP contribution in [0, 0.1) is 6.92 Å². The molecule has 0 aliphatic carbocycles. The maximum Gasteiger partial charge on any atom is 0.418 e. The average molecular weight is 479 g/mol. The summed E-state index contributed by atoms with van der Waals surface area (Å²) in [6, 6.07) is 9.16. The van der Waals surface area contributed by atoms with Gasteiger partial charge in [-0.05, 0) is 52.7 Å². The summed E-state index contributed by atoms with van der Waals surface area (Å²) in [5.74, 6) is -0.870. The molecule has 0 radical (unpaired) electrons. The van der Waals surface area contributed by atoms with Gasteiger partial charge in [0.2, 0.25) is 15.9 Å². The molecule has 0 saturated carbocycles. The quantitative estimate of drug-likeness (QED) is 0.667. The number of aryl methyl sites for hydroxylation is 1. The van der Waals surface area contributed by atoms with Crippen LogP contribution in [0.15, 0.2) is 51.8 Å². The monoisotopic (exact) mass is 478 g/mol. The summed E-state index contributed by atoms with van der Waals surface area (Å²) in [4.78, 5) is 12.3. The van der Waals surface area contributed by atoms with Gasteiger partial charge < -0.3 is 5.32 Å². The number of alkyl halides is 3. The second kappa shape index (κ2) is 8.62. The van der Waals surface area contributed by atoms with Crippen LogP contribution >= 0.6 is 15.9 Å². The molecule has 1 amide bonds. The Morgan fingerprint density at radius 3 is 2.39 bits per heavy atom. The van der Waals surface area contributed by atoms with Crippen LogP contribution in [0.3, 0.4) is 0 Å². The molecular weight excluding hydrogens is 461 g/mol. The van der Waals surface area contributed by atoms with Crippen LogP contribution in [0.2, 0.25) is 0 Å². The van der Waals surface area contributed by atoms with Crippen molar-refractivity contribution < 1.29 is 26.4 Å². The Morgan fingerprint density at radius 2 is 1.82 bits per heavy atom. The summed E-state index contributed by atoms with van der Waals surface area (Å²) in [7, 11) is -4.02. The lowest BCUT2D eigenvalue weighted by Crippen LogP contribution is -2.38. The highest BCUT2D eigenvalue weighted by atomic mass is 79.9. The molecule has 28 heavy (non-hydrogen) atoms. The number of benzene rings is 2. The molecule has 152 valence electrons. The van der Waals surface area contributed by atoms with Crippen LogP contribution in [0.25, 0.3) is 0 Å². The van der Waals surface area contributed by atoms with Crippen molar-refractivity contribution in [1.29, 1.82) is 0 Å². The number of sulfonamides is 1. The Hall–Kier alpha value is -1.91. The molecule has 0 unspecified atom stereocenters. The number of para-hydroxylation sites is 1. The van der Waals surface area contributed by atoms with E-state index in [2.05, 4.69) is 21.2 Å². The fourth-order valence-corrected chi connectivity index (χ4v) is 5.07. The van der Waals surface area contributed by atoms with Gasteiger partial charge in [0.15, 0.2) is 0 Å². The summed E-state index contributed by atoms with van der Waals surface area (Å²) in [6.45, 7) is 2.68. The van der Waals surface area contributed by atoms with Gasteiger partial charge in [0.1, 0.15) is 0 Å². The number of anilines is 1. The van der Waals surface area contributed by atoms with Gasteiger partial charge in [-0.15, -0.1) is 0 Å². The Bertz CT molecular complexity index is 978. The maximum absolute atomic E-state index is 13.1. The van der Waals surface area contributed by atoms with Crippen LogP contribution in [-0.2, 0) is 21.0 Å². The van der Waals surface area contributed by atoms with Gasteiger partial charge in [0, 0.05) is 11.0 Å². The van der Waals surface area contributed by atoms with E-state index in [1.807, 2.05) is 0 Å². The van der Waals surface area contributed by atoms with Crippen molar-refractivity contribution in [3.63, 3.8) is 0 Å². The highest BCUT2D eigenvalue weighted by molar-refractivity contribution is 9.10. The number of nitrogens with zero attached hydrogens (tertiary/aromatic N) is 1. The lowest BCUT2D eigenvalue weighted by atomic mass is 10.1. The van der Waals surface area contributed by atoms with Crippen LogP contribution < -0.4 is 5.32 Å². The molecule has 2 aromatic rings. The number of hydrogen-bond acceptors (Lipinski definition) is 3. The van der Waals surface area contributed by atoms with E-state index in [0.29, 0.717) is 4.47 Å². The van der Waals surface area contributed by atoms with Gasteiger partial charge >= 0.3 is 6.18 Å². The summed E-state index contributed by atoms with van der Waals surface area (Å²) in [5.41, 5.74) is -0.587. The second-order valence-electron chi connectivity index (χ2n) is 5.96. The Balaban J connectivity index is 2.25. The number of carbonyl (C=O) groups is 1. The van der Waals surface area contributed by atoms with Crippen molar-refractivity contribution in [2.75, 3.05) is 18.4 Å². The predicted molar refractivity (Wildman–Crippen MR) is 103 cm³/mol. The van der Waals surface area contributed by atoms with E-state index in [4.69, 9.17) is 0 Å². The zero-order chi connectivity index (χ0) is 21.1. The number of hydrogen-bond donors (Lipinski definition) is 1. The van der Waals surface area contributed by atoms with Gasteiger partial charge in [-0.25, -0.2) is 8.42 Å². The van der Waals surface area contributed by atoms with E-state index < -0.39 is 39.9 Å². The fourth-order valence-electron chi connectivity index (χ4n) is 2.51. The van der Waals surface area contributed by atoms with Crippen LogP contribution in [0.1, 0.15) is 18.1 Å². The largest absolute Gasteiger partial charge is 0.418 e. The predicted octanol–water partition coefficient (Wildman–Crippen LogP) is 4.43. The molecule has 2 aromatic carbocycles. The summed E-state index contributed by atoms with van der Waals surface area (Å²) in [5, 5.41) is 2.15. The van der Waals surface area contributed by atoms with Gasteiger partial charge in [0.25, 0.3) is 0 Å². The Labute approximate surface area is 169 Å². The zero-order valence-corrected chi connectivity index (χ0v) is 17.5. The van der Waals surface area contributed by atoms with Crippen molar-refractivity contribution in [3.05, 3.63) is 58.1 Å². The first-order valence-corrected chi connectivity index (χ1v) is 10.4. The summed E-state index contributed by atoms with van der Waals surface area (Å²) >= 11 is 3.20. The van der Waals surface area contributed by atoms with Crippen LogP contribution in [-0.4, -0.2) is 31.7 Å². The van der Waals surface area contributed by atoms with Crippen molar-refractivity contribution in [1.82, 2.24) is 4.31 Å². The Morgan fingerprint density at radius 1 is 1.18 bits per heavy atom. The summed E-state index contributed by atoms with van der Waals surface area (Å²) < 4.78 is 66.1. The molecule has 0 heterocycles. The topological polar surface area (TPSA) is 66.5 Å². The standard InChI is InChI=1S/C18H18BrF3N2O3S/c1-3-24(28(26,27)16-9-8-12(2)10-14(16)19)11-17(25)23-15-7-5-4-6-13(15)18(20,21)22/h4-10H,3,11H2,1-2H3,(H,23,25). The van der Waals surface area contributed by atoms with Crippen molar-refractivity contribution in [3.8, 4) is 0 Å². The minimum atomic E-state index is -4.65. The van der Waals surface area contributed by atoms with Crippen molar-refractivity contribution in [2.24, 2.45) is 0 Å². The molecule has 0 bridgehead atoms. The number of likely N-dealkylation sites (N-methyl/N-ethyl adjacent to an activating group) is 1. The highest BCUT2D eigenvalue weighted by Crippen LogP contribution is 2.34. The SMILES string of the molecule is CCN(CC(=O)Nc1ccccc1C(F)(F)F)S(=O)(=O)c1ccc(C)cc1Br. The molecule has 5 nitrogen and oxygen atoms in total. The number of carbonyl (C=O) groups excluding carboxylic acids is 1. The summed E-state index contributed by atoms with van der Waals surface area (Å²) in [6.07, 6.45) is -4.65. The first-order valence-electron chi connectivity index (χ1n) is 8.19. The van der Waals surface area contributed by atoms with Crippen molar-refractivity contribution in [2.45, 2.75) is 24.9 Å². The minimum absolute atomic E-state index is 0.0246. The molecule has 1 N–H and O–H groups in total. The van der Waals surface area contributed by atoms with Gasteiger partial charge in [-0.2, -0.15) is 17.5 Å². The van der Waals surface area contributed by atoms with Crippen LogP contribution in [0.4, 0.5) is 18.9 Å². The first kappa shape index (κ1) is 22.4. The third-order valence-electron chi connectivity index (χ3n) is 3.88. The van der Waals surface area contributed by atoms with E-state index in [1.54, 1.807) is 19.1 Å². The second-order valence-corrected chi connectivity index (χ2v) is 8.72. The zero-order valence-electron chi connectivity index (χ0n) is 15.0. The third-order valence-corrected chi connectivity index (χ3v) is 6.78. The fraction of sp³-hybridized carbons (Fsp3) is 0.278. The Kier molecular flexibility index (Phi) is 6.89. The molecule has 0 fully saturated rings. The van der Waals surface area contributed by atoms with Gasteiger partial charge in [0.05, 0.1) is 22.7 Å². The first-order chi connectivity index (χ1) is 13.0.